The van der Waals surface area contributed by atoms with Gasteiger partial charge in [-0.15, -0.1) is 0 Å². The Morgan fingerprint density at radius 1 is 1.24 bits per heavy atom. The number of carboxylic acid groups (broad SMARTS) is 1. The summed E-state index contributed by atoms with van der Waals surface area (Å²) in [6, 6.07) is 4.41. The predicted octanol–water partition coefficient (Wildman–Crippen LogP) is -0.159. The fourth-order valence-corrected chi connectivity index (χ4v) is 3.46. The van der Waals surface area contributed by atoms with Crippen LogP contribution < -0.4 is 16.0 Å². The van der Waals surface area contributed by atoms with Crippen LogP contribution in [0.5, 0.6) is 0 Å². The Bertz CT molecular complexity index is 868. The molecule has 0 bridgehead atoms. The van der Waals surface area contributed by atoms with Gasteiger partial charge in [0.2, 0.25) is 17.7 Å². The molecule has 1 atom stereocenters. The summed E-state index contributed by atoms with van der Waals surface area (Å²) < 4.78 is 0. The van der Waals surface area contributed by atoms with Gasteiger partial charge in [0.05, 0.1) is 6.54 Å². The van der Waals surface area contributed by atoms with Gasteiger partial charge in [0.1, 0.15) is 6.04 Å². The molecule has 0 aromatic heterocycles. The number of carbonyl (C=O) groups excluding carboxylic acids is 4. The predicted molar refractivity (Wildman–Crippen MR) is 101 cm³/mol. The zero-order valence-corrected chi connectivity index (χ0v) is 15.7. The van der Waals surface area contributed by atoms with Crippen LogP contribution in [0.15, 0.2) is 18.2 Å². The molecule has 10 heteroatoms. The Morgan fingerprint density at radius 2 is 2.03 bits per heavy atom. The van der Waals surface area contributed by atoms with E-state index in [0.29, 0.717) is 23.2 Å². The summed E-state index contributed by atoms with van der Waals surface area (Å²) in [6.45, 7) is 0.446. The highest BCUT2D eigenvalue weighted by atomic mass is 16.4. The molecular weight excluding hydrogens is 380 g/mol. The molecule has 1 unspecified atom stereocenters. The van der Waals surface area contributed by atoms with Crippen molar-refractivity contribution in [1.82, 2.24) is 15.5 Å². The van der Waals surface area contributed by atoms with Gasteiger partial charge in [-0.2, -0.15) is 0 Å². The number of hydrogen-bond acceptors (Lipinski definition) is 6. The molecule has 154 valence electrons. The quantitative estimate of drug-likeness (QED) is 0.349. The summed E-state index contributed by atoms with van der Waals surface area (Å²) in [6.07, 6.45) is 0.797. The minimum absolute atomic E-state index is 0.0157. The molecule has 4 amide bonds. The molecule has 3 rings (SSSR count). The molecular formula is C19H22N4O6. The van der Waals surface area contributed by atoms with Crippen molar-refractivity contribution >= 4 is 35.3 Å². The third kappa shape index (κ3) is 4.71. The summed E-state index contributed by atoms with van der Waals surface area (Å²) >= 11 is 0. The molecule has 2 aliphatic rings. The molecule has 10 nitrogen and oxygen atoms in total. The van der Waals surface area contributed by atoms with Crippen molar-refractivity contribution in [3.63, 3.8) is 0 Å². The van der Waals surface area contributed by atoms with E-state index in [9.17, 15) is 24.0 Å². The summed E-state index contributed by atoms with van der Waals surface area (Å²) in [7, 11) is 0. The van der Waals surface area contributed by atoms with Crippen molar-refractivity contribution in [2.24, 2.45) is 0 Å². The van der Waals surface area contributed by atoms with Crippen molar-refractivity contribution in [2.45, 2.75) is 38.3 Å². The number of nitrogens with one attached hydrogen (secondary N) is 3. The Balaban J connectivity index is 1.60. The maximum atomic E-state index is 12.7. The molecule has 0 spiro atoms. The first kappa shape index (κ1) is 20.3. The molecule has 1 aromatic rings. The minimum Gasteiger partial charge on any atom is -0.481 e. The van der Waals surface area contributed by atoms with Crippen molar-refractivity contribution < 1.29 is 29.1 Å². The van der Waals surface area contributed by atoms with E-state index in [-0.39, 0.29) is 56.6 Å². The molecule has 1 fully saturated rings. The number of amides is 4. The van der Waals surface area contributed by atoms with Gasteiger partial charge in [-0.1, -0.05) is 6.07 Å². The lowest BCUT2D eigenvalue weighted by atomic mass is 10.0. The second kappa shape index (κ2) is 8.72. The molecule has 29 heavy (non-hydrogen) atoms. The monoisotopic (exact) mass is 402 g/mol. The SMILES string of the molecule is O=C(O)CCCNC(=O)CNc1cccc2c1CN(C1CCC(=O)NC1=O)C2=O. The topological polar surface area (TPSA) is 145 Å². The first-order chi connectivity index (χ1) is 13.9. The number of benzene rings is 1. The van der Waals surface area contributed by atoms with Gasteiger partial charge in [-0.3, -0.25) is 29.3 Å². The highest BCUT2D eigenvalue weighted by Crippen LogP contribution is 2.32. The maximum absolute atomic E-state index is 12.7. The van der Waals surface area contributed by atoms with E-state index in [1.807, 2.05) is 0 Å². The normalized spacial score (nSPS) is 18.3. The molecule has 0 aliphatic carbocycles. The van der Waals surface area contributed by atoms with E-state index in [1.54, 1.807) is 18.2 Å². The van der Waals surface area contributed by atoms with Crippen molar-refractivity contribution in [1.29, 1.82) is 0 Å². The lowest BCUT2D eigenvalue weighted by molar-refractivity contribution is -0.138. The first-order valence-corrected chi connectivity index (χ1v) is 9.35. The first-order valence-electron chi connectivity index (χ1n) is 9.35. The minimum atomic E-state index is -0.914. The number of imide groups is 1. The van der Waals surface area contributed by atoms with E-state index in [1.165, 1.54) is 4.90 Å². The highest BCUT2D eigenvalue weighted by Gasteiger charge is 2.39. The number of nitrogens with zero attached hydrogens (tertiary/aromatic N) is 1. The van der Waals surface area contributed by atoms with Crippen LogP contribution in [0.3, 0.4) is 0 Å². The average molecular weight is 402 g/mol. The summed E-state index contributed by atoms with van der Waals surface area (Å²) in [4.78, 5) is 60.1. The fourth-order valence-electron chi connectivity index (χ4n) is 3.46. The second-order valence-electron chi connectivity index (χ2n) is 6.93. The number of fused-ring (bicyclic) bond motifs is 1. The van der Waals surface area contributed by atoms with Gasteiger partial charge in [-0.05, 0) is 25.0 Å². The number of carboxylic acids is 1. The van der Waals surface area contributed by atoms with Crippen molar-refractivity contribution in [3.05, 3.63) is 29.3 Å². The lowest BCUT2D eigenvalue weighted by Gasteiger charge is -2.29. The van der Waals surface area contributed by atoms with Gasteiger partial charge in [0, 0.05) is 42.7 Å². The zero-order chi connectivity index (χ0) is 21.0. The number of aliphatic carboxylic acids is 1. The standard InChI is InChI=1S/C19H22N4O6/c24-15-7-6-14(18(28)22-15)23-10-12-11(19(23)29)3-1-4-13(12)21-9-16(25)20-8-2-5-17(26)27/h1,3-4,14,21H,2,5-10H2,(H,20,25)(H,26,27)(H,22,24,28). The Morgan fingerprint density at radius 3 is 2.76 bits per heavy atom. The molecule has 1 aromatic carbocycles. The van der Waals surface area contributed by atoms with Gasteiger partial charge < -0.3 is 20.6 Å². The maximum Gasteiger partial charge on any atom is 0.303 e. The summed E-state index contributed by atoms with van der Waals surface area (Å²) in [5.74, 6) is -2.30. The van der Waals surface area contributed by atoms with Crippen molar-refractivity contribution in [2.75, 3.05) is 18.4 Å². The van der Waals surface area contributed by atoms with Crippen LogP contribution >= 0.6 is 0 Å². The highest BCUT2D eigenvalue weighted by molar-refractivity contribution is 6.06. The summed E-state index contributed by atoms with van der Waals surface area (Å²) in [5.41, 5.74) is 1.77. The molecule has 2 heterocycles. The number of hydrogen-bond donors (Lipinski definition) is 4. The van der Waals surface area contributed by atoms with E-state index in [0.717, 1.165) is 0 Å². The fraction of sp³-hybridized carbons (Fsp3) is 0.421. The third-order valence-corrected chi connectivity index (χ3v) is 4.91. The van der Waals surface area contributed by atoms with Gasteiger partial charge in [0.15, 0.2) is 0 Å². The Hall–Kier alpha value is -3.43. The molecule has 1 saturated heterocycles. The third-order valence-electron chi connectivity index (χ3n) is 4.91. The van der Waals surface area contributed by atoms with Crippen LogP contribution in [0.4, 0.5) is 5.69 Å². The number of anilines is 1. The smallest absolute Gasteiger partial charge is 0.303 e. The zero-order valence-electron chi connectivity index (χ0n) is 15.7. The molecule has 0 saturated carbocycles. The number of carbonyl (C=O) groups is 5. The Labute approximate surface area is 166 Å². The van der Waals surface area contributed by atoms with Gasteiger partial charge >= 0.3 is 5.97 Å². The molecule has 4 N–H and O–H groups in total. The Kier molecular flexibility index (Phi) is 6.10. The number of rotatable bonds is 8. The van der Waals surface area contributed by atoms with E-state index < -0.39 is 17.9 Å². The molecule has 0 radical (unpaired) electrons. The second-order valence-corrected chi connectivity index (χ2v) is 6.93. The van der Waals surface area contributed by atoms with Crippen LogP contribution in [-0.4, -0.2) is 58.7 Å². The largest absolute Gasteiger partial charge is 0.481 e. The van der Waals surface area contributed by atoms with Crippen molar-refractivity contribution in [3.8, 4) is 0 Å². The van der Waals surface area contributed by atoms with Crippen LogP contribution in [-0.2, 0) is 25.7 Å². The van der Waals surface area contributed by atoms with Gasteiger partial charge in [-0.25, -0.2) is 0 Å². The number of piperidine rings is 1. The van der Waals surface area contributed by atoms with E-state index >= 15 is 0 Å². The molecule has 2 aliphatic heterocycles. The average Bonchev–Trinajstić information content (AvgIpc) is 3.01. The van der Waals surface area contributed by atoms with E-state index in [2.05, 4.69) is 16.0 Å². The lowest BCUT2D eigenvalue weighted by Crippen LogP contribution is -2.52. The summed E-state index contributed by atoms with van der Waals surface area (Å²) in [5, 5.41) is 16.5. The van der Waals surface area contributed by atoms with Crippen LogP contribution in [0, 0.1) is 0 Å². The van der Waals surface area contributed by atoms with Crippen LogP contribution in [0.25, 0.3) is 0 Å². The van der Waals surface area contributed by atoms with Crippen LogP contribution in [0.2, 0.25) is 0 Å². The van der Waals surface area contributed by atoms with E-state index in [4.69, 9.17) is 5.11 Å². The van der Waals surface area contributed by atoms with Crippen LogP contribution in [0.1, 0.15) is 41.6 Å². The van der Waals surface area contributed by atoms with Gasteiger partial charge in [0.25, 0.3) is 5.91 Å².